The highest BCUT2D eigenvalue weighted by molar-refractivity contribution is 7.15. The van der Waals surface area contributed by atoms with Crippen LogP contribution in [0.25, 0.3) is 4.96 Å². The van der Waals surface area contributed by atoms with Crippen LogP contribution in [0.4, 0.5) is 11.9 Å². The van der Waals surface area contributed by atoms with Gasteiger partial charge in [0, 0.05) is 17.8 Å². The van der Waals surface area contributed by atoms with Gasteiger partial charge in [-0.15, -0.1) is 16.4 Å². The number of thiazole rings is 1. The molecule has 1 N–H and O–H groups in total. The van der Waals surface area contributed by atoms with E-state index in [-0.39, 0.29) is 0 Å². The van der Waals surface area contributed by atoms with Crippen LogP contribution < -0.4 is 5.32 Å². The first-order valence-corrected chi connectivity index (χ1v) is 5.56. The van der Waals surface area contributed by atoms with Crippen LogP contribution in [-0.4, -0.2) is 24.6 Å². The molecular formula is C9H8N6S. The molecule has 0 atom stereocenters. The minimum Gasteiger partial charge on any atom is -0.291 e. The van der Waals surface area contributed by atoms with Crippen molar-refractivity contribution in [2.45, 2.75) is 6.92 Å². The first-order chi connectivity index (χ1) is 7.83. The maximum absolute atomic E-state index is 4.31. The Balaban J connectivity index is 1.95. The summed E-state index contributed by atoms with van der Waals surface area (Å²) in [5, 5.41) is 9.25. The number of rotatable bonds is 2. The van der Waals surface area contributed by atoms with Gasteiger partial charge in [0.2, 0.25) is 10.9 Å². The Morgan fingerprint density at radius 1 is 1.25 bits per heavy atom. The molecule has 0 unspecified atom stereocenters. The second-order valence-corrected chi connectivity index (χ2v) is 4.04. The fraction of sp³-hybridized carbons (Fsp3) is 0.111. The summed E-state index contributed by atoms with van der Waals surface area (Å²) in [6.07, 6.45) is 3.33. The van der Waals surface area contributed by atoms with E-state index < -0.39 is 0 Å². The molecule has 3 heterocycles. The van der Waals surface area contributed by atoms with Gasteiger partial charge in [0.05, 0.1) is 5.69 Å². The van der Waals surface area contributed by atoms with E-state index in [1.54, 1.807) is 34.3 Å². The Labute approximate surface area is 95.0 Å². The smallest absolute Gasteiger partial charge is 0.250 e. The second-order valence-electron chi connectivity index (χ2n) is 3.20. The van der Waals surface area contributed by atoms with Crippen LogP contribution in [-0.2, 0) is 0 Å². The first-order valence-electron chi connectivity index (χ1n) is 4.68. The van der Waals surface area contributed by atoms with Crippen molar-refractivity contribution in [3.63, 3.8) is 0 Å². The van der Waals surface area contributed by atoms with Gasteiger partial charge in [-0.3, -0.25) is 5.32 Å². The molecule has 0 aromatic carbocycles. The molecule has 3 aromatic heterocycles. The molecule has 16 heavy (non-hydrogen) atoms. The highest BCUT2D eigenvalue weighted by Gasteiger charge is 2.07. The van der Waals surface area contributed by atoms with Crippen LogP contribution >= 0.6 is 11.3 Å². The van der Waals surface area contributed by atoms with Crippen LogP contribution in [0.3, 0.4) is 0 Å². The zero-order valence-corrected chi connectivity index (χ0v) is 9.27. The summed E-state index contributed by atoms with van der Waals surface area (Å²) in [6.45, 7) is 1.99. The quantitative estimate of drug-likeness (QED) is 0.727. The zero-order valence-electron chi connectivity index (χ0n) is 8.45. The predicted octanol–water partition coefficient (Wildman–Crippen LogP) is 1.63. The monoisotopic (exact) mass is 232 g/mol. The van der Waals surface area contributed by atoms with Gasteiger partial charge >= 0.3 is 0 Å². The van der Waals surface area contributed by atoms with E-state index in [4.69, 9.17) is 0 Å². The van der Waals surface area contributed by atoms with Gasteiger partial charge in [-0.25, -0.2) is 14.5 Å². The summed E-state index contributed by atoms with van der Waals surface area (Å²) in [7, 11) is 0. The molecule has 0 bridgehead atoms. The molecule has 0 saturated carbocycles. The topological polar surface area (TPSA) is 68.0 Å². The Kier molecular flexibility index (Phi) is 2.03. The minimum atomic E-state index is 0.499. The van der Waals surface area contributed by atoms with Gasteiger partial charge in [0.25, 0.3) is 5.95 Å². The third-order valence-electron chi connectivity index (χ3n) is 2.04. The van der Waals surface area contributed by atoms with Crippen molar-refractivity contribution in [1.29, 1.82) is 0 Å². The molecule has 0 saturated heterocycles. The molecule has 7 heteroatoms. The average molecular weight is 232 g/mol. The number of fused-ring (bicyclic) bond motifs is 1. The molecule has 0 aliphatic rings. The van der Waals surface area contributed by atoms with Crippen molar-refractivity contribution >= 4 is 28.2 Å². The van der Waals surface area contributed by atoms with E-state index in [9.17, 15) is 0 Å². The molecule has 0 spiro atoms. The summed E-state index contributed by atoms with van der Waals surface area (Å²) in [5.41, 5.74) is 1.06. The van der Waals surface area contributed by atoms with Gasteiger partial charge in [0.15, 0.2) is 0 Å². The number of aryl methyl sites for hydroxylation is 1. The van der Waals surface area contributed by atoms with E-state index >= 15 is 0 Å². The van der Waals surface area contributed by atoms with E-state index in [2.05, 4.69) is 25.4 Å². The Bertz CT molecular complexity index is 613. The Hall–Kier alpha value is -2.02. The predicted molar refractivity (Wildman–Crippen MR) is 60.9 cm³/mol. The minimum absolute atomic E-state index is 0.499. The largest absolute Gasteiger partial charge is 0.291 e. The highest BCUT2D eigenvalue weighted by Crippen LogP contribution is 2.16. The molecule has 6 nitrogen and oxygen atoms in total. The van der Waals surface area contributed by atoms with E-state index in [0.29, 0.717) is 11.9 Å². The van der Waals surface area contributed by atoms with E-state index in [1.165, 1.54) is 0 Å². The molecule has 0 amide bonds. The number of nitrogens with zero attached hydrogens (tertiary/aromatic N) is 5. The number of aromatic nitrogens is 5. The summed E-state index contributed by atoms with van der Waals surface area (Å²) in [5.74, 6) is 1.01. The van der Waals surface area contributed by atoms with Crippen molar-refractivity contribution in [3.8, 4) is 0 Å². The SMILES string of the molecule is Cc1csc2nc(Nc3ncccn3)nn12. The number of nitrogens with one attached hydrogen (secondary N) is 1. The Morgan fingerprint density at radius 3 is 2.81 bits per heavy atom. The average Bonchev–Trinajstić information content (AvgIpc) is 2.83. The van der Waals surface area contributed by atoms with Crippen LogP contribution in [0, 0.1) is 6.92 Å². The van der Waals surface area contributed by atoms with E-state index in [1.807, 2.05) is 12.3 Å². The molecule has 0 aliphatic heterocycles. The van der Waals surface area contributed by atoms with Gasteiger partial charge in [-0.1, -0.05) is 0 Å². The maximum atomic E-state index is 4.31. The van der Waals surface area contributed by atoms with Gasteiger partial charge < -0.3 is 0 Å². The van der Waals surface area contributed by atoms with E-state index in [0.717, 1.165) is 10.7 Å². The van der Waals surface area contributed by atoms with Crippen molar-refractivity contribution < 1.29 is 0 Å². The third-order valence-corrected chi connectivity index (χ3v) is 2.97. The fourth-order valence-electron chi connectivity index (χ4n) is 1.31. The highest BCUT2D eigenvalue weighted by atomic mass is 32.1. The Morgan fingerprint density at radius 2 is 2.06 bits per heavy atom. The lowest BCUT2D eigenvalue weighted by Crippen LogP contribution is -1.98. The van der Waals surface area contributed by atoms with Crippen LogP contribution in [0.15, 0.2) is 23.8 Å². The summed E-state index contributed by atoms with van der Waals surface area (Å²) in [6, 6.07) is 1.76. The zero-order chi connectivity index (χ0) is 11.0. The molecule has 3 aromatic rings. The maximum Gasteiger partial charge on any atom is 0.250 e. The first kappa shape index (κ1) is 9.22. The van der Waals surface area contributed by atoms with Crippen LogP contribution in [0.2, 0.25) is 0 Å². The van der Waals surface area contributed by atoms with Gasteiger partial charge in [-0.05, 0) is 13.0 Å². The summed E-state index contributed by atoms with van der Waals surface area (Å²) in [4.78, 5) is 13.3. The fourth-order valence-corrected chi connectivity index (χ4v) is 2.11. The molecule has 0 aliphatic carbocycles. The number of hydrogen-bond donors (Lipinski definition) is 1. The molecule has 3 rings (SSSR count). The lowest BCUT2D eigenvalue weighted by Gasteiger charge is -1.96. The van der Waals surface area contributed by atoms with Crippen molar-refractivity contribution in [2.75, 3.05) is 5.32 Å². The molecule has 0 fully saturated rings. The van der Waals surface area contributed by atoms with Crippen LogP contribution in [0.5, 0.6) is 0 Å². The van der Waals surface area contributed by atoms with Gasteiger partial charge in [0.1, 0.15) is 0 Å². The summed E-state index contributed by atoms with van der Waals surface area (Å²) >= 11 is 1.55. The molecule has 80 valence electrons. The second kappa shape index (κ2) is 3.53. The number of hydrogen-bond acceptors (Lipinski definition) is 6. The normalized spacial score (nSPS) is 10.8. The molecular weight excluding hydrogens is 224 g/mol. The molecule has 0 radical (unpaired) electrons. The van der Waals surface area contributed by atoms with Crippen molar-refractivity contribution in [1.82, 2.24) is 24.6 Å². The third kappa shape index (κ3) is 1.50. The number of anilines is 2. The summed E-state index contributed by atoms with van der Waals surface area (Å²) < 4.78 is 1.79. The van der Waals surface area contributed by atoms with Gasteiger partial charge in [-0.2, -0.15) is 4.98 Å². The van der Waals surface area contributed by atoms with Crippen molar-refractivity contribution in [3.05, 3.63) is 29.5 Å². The lowest BCUT2D eigenvalue weighted by atomic mass is 10.6. The lowest BCUT2D eigenvalue weighted by molar-refractivity contribution is 0.933. The van der Waals surface area contributed by atoms with Crippen LogP contribution in [0.1, 0.15) is 5.69 Å². The van der Waals surface area contributed by atoms with Crippen molar-refractivity contribution in [2.24, 2.45) is 0 Å². The standard InChI is InChI=1S/C9H8N6S/c1-6-5-16-9-13-8(14-15(6)9)12-7-10-3-2-4-11-7/h2-5H,1H3,(H,10,11,12,14).